The normalized spacial score (nSPS) is 12.1. The lowest BCUT2D eigenvalue weighted by Crippen LogP contribution is -2.21. The van der Waals surface area contributed by atoms with Gasteiger partial charge < -0.3 is 15.2 Å². The van der Waals surface area contributed by atoms with Crippen molar-refractivity contribution in [2.45, 2.75) is 18.4 Å². The van der Waals surface area contributed by atoms with Crippen molar-refractivity contribution in [2.75, 3.05) is 34.7 Å². The zero-order valence-electron chi connectivity index (χ0n) is 18.5. The van der Waals surface area contributed by atoms with Gasteiger partial charge in [-0.1, -0.05) is 0 Å². The molecule has 0 radical (unpaired) electrons. The first kappa shape index (κ1) is 23.0. The van der Waals surface area contributed by atoms with Crippen molar-refractivity contribution in [3.63, 3.8) is 0 Å². The van der Waals surface area contributed by atoms with E-state index in [9.17, 15) is 9.18 Å². The number of aromatic nitrogens is 2. The molecular formula is C23H28FN5OS. The molecule has 31 heavy (non-hydrogen) atoms. The second kappa shape index (κ2) is 9.64. The number of allylic oxidation sites excluding steroid dienone is 1. The molecule has 1 aromatic carbocycles. The molecule has 0 spiro atoms. The average molecular weight is 442 g/mol. The Bertz CT molecular complexity index is 1140. The quantitative estimate of drug-likeness (QED) is 0.559. The van der Waals surface area contributed by atoms with Crippen LogP contribution in [-0.4, -0.2) is 59.4 Å². The van der Waals surface area contributed by atoms with Crippen LogP contribution >= 0.6 is 11.9 Å². The number of nitrogens with zero attached hydrogens (tertiary/aromatic N) is 4. The highest BCUT2D eigenvalue weighted by Gasteiger charge is 2.19. The summed E-state index contributed by atoms with van der Waals surface area (Å²) in [4.78, 5) is 19.5. The number of fused-ring (bicyclic) bond motifs is 1. The molecule has 3 aromatic rings. The fraction of sp³-hybridized carbons (Fsp3) is 0.304. The van der Waals surface area contributed by atoms with Gasteiger partial charge in [-0.05, 0) is 63.3 Å². The molecule has 2 aromatic heterocycles. The molecule has 3 rings (SSSR count). The third-order valence-electron chi connectivity index (χ3n) is 4.91. The highest BCUT2D eigenvalue weighted by Crippen LogP contribution is 2.37. The van der Waals surface area contributed by atoms with Crippen LogP contribution in [0.1, 0.15) is 16.1 Å². The van der Waals surface area contributed by atoms with Crippen LogP contribution in [0.25, 0.3) is 22.0 Å². The van der Waals surface area contributed by atoms with E-state index in [2.05, 4.69) is 11.1 Å². The zero-order chi connectivity index (χ0) is 22.7. The van der Waals surface area contributed by atoms with Crippen LogP contribution in [0.4, 0.5) is 4.39 Å². The van der Waals surface area contributed by atoms with Gasteiger partial charge in [-0.25, -0.2) is 4.39 Å². The average Bonchev–Trinajstić information content (AvgIpc) is 2.98. The summed E-state index contributed by atoms with van der Waals surface area (Å²) in [6.45, 7) is 2.19. The monoisotopic (exact) mass is 441 g/mol. The molecule has 0 atom stereocenters. The van der Waals surface area contributed by atoms with E-state index in [-0.39, 0.29) is 24.8 Å². The lowest BCUT2D eigenvalue weighted by atomic mass is 10.0. The minimum atomic E-state index is -0.294. The Morgan fingerprint density at radius 1 is 1.23 bits per heavy atom. The summed E-state index contributed by atoms with van der Waals surface area (Å²) >= 11 is 1.57. The molecule has 6 nitrogen and oxygen atoms in total. The van der Waals surface area contributed by atoms with Crippen LogP contribution in [0.5, 0.6) is 0 Å². The molecule has 2 heterocycles. The number of rotatable bonds is 7. The van der Waals surface area contributed by atoms with E-state index in [0.29, 0.717) is 5.56 Å². The topological polar surface area (TPSA) is 67.4 Å². The zero-order valence-corrected chi connectivity index (χ0v) is 19.3. The predicted molar refractivity (Wildman–Crippen MR) is 126 cm³/mol. The van der Waals surface area contributed by atoms with E-state index in [1.807, 2.05) is 48.2 Å². The van der Waals surface area contributed by atoms with Gasteiger partial charge in [-0.2, -0.15) is 0 Å². The van der Waals surface area contributed by atoms with Gasteiger partial charge in [0.25, 0.3) is 5.91 Å². The molecule has 164 valence electrons. The van der Waals surface area contributed by atoms with Crippen molar-refractivity contribution in [3.8, 4) is 11.1 Å². The van der Waals surface area contributed by atoms with E-state index in [1.165, 1.54) is 6.08 Å². The van der Waals surface area contributed by atoms with Crippen molar-refractivity contribution in [1.82, 2.24) is 18.8 Å². The van der Waals surface area contributed by atoms with Crippen molar-refractivity contribution >= 4 is 28.8 Å². The van der Waals surface area contributed by atoms with E-state index in [4.69, 9.17) is 5.73 Å². The number of nitrogens with two attached hydrogens (primary N) is 1. The smallest absolute Gasteiger partial charge is 0.253 e. The number of hydrogen-bond donors (Lipinski definition) is 1. The molecule has 0 bridgehead atoms. The van der Waals surface area contributed by atoms with Crippen molar-refractivity contribution < 1.29 is 9.18 Å². The Hall–Kier alpha value is -2.68. The van der Waals surface area contributed by atoms with Crippen LogP contribution in [0.2, 0.25) is 0 Å². The third-order valence-corrected chi connectivity index (χ3v) is 5.71. The van der Waals surface area contributed by atoms with Crippen LogP contribution in [0.15, 0.2) is 53.5 Å². The minimum absolute atomic E-state index is 0.0810. The number of pyridine rings is 1. The molecule has 2 N–H and O–H groups in total. The molecule has 0 saturated carbocycles. The maximum atomic E-state index is 14.4. The Morgan fingerprint density at radius 2 is 1.97 bits per heavy atom. The number of hydrogen-bond acceptors (Lipinski definition) is 5. The first-order valence-corrected chi connectivity index (χ1v) is 10.7. The Balaban J connectivity index is 2.25. The van der Waals surface area contributed by atoms with Gasteiger partial charge in [0, 0.05) is 71.2 Å². The number of carbonyl (C=O) groups excluding carboxylic acids is 1. The summed E-state index contributed by atoms with van der Waals surface area (Å²) in [7, 11) is 7.39. The number of halogens is 1. The number of amides is 1. The van der Waals surface area contributed by atoms with Crippen LogP contribution < -0.4 is 5.73 Å². The molecule has 0 aliphatic carbocycles. The largest absolute Gasteiger partial charge is 0.345 e. The maximum Gasteiger partial charge on any atom is 0.253 e. The maximum absolute atomic E-state index is 14.4. The Morgan fingerprint density at radius 3 is 2.61 bits per heavy atom. The molecule has 0 aliphatic rings. The van der Waals surface area contributed by atoms with Gasteiger partial charge in [-0.15, -0.1) is 0 Å². The van der Waals surface area contributed by atoms with E-state index in [1.54, 1.807) is 43.2 Å². The molecule has 1 amide bonds. The van der Waals surface area contributed by atoms with Gasteiger partial charge in [0.15, 0.2) is 0 Å². The third kappa shape index (κ3) is 4.98. The second-order valence-electron chi connectivity index (χ2n) is 7.68. The summed E-state index contributed by atoms with van der Waals surface area (Å²) in [5.74, 6) is -0.375. The summed E-state index contributed by atoms with van der Waals surface area (Å²) in [6.07, 6.45) is 5.00. The molecule has 8 heteroatoms. The number of benzene rings is 1. The standard InChI is InChI=1S/C23H28FN5OS/c1-15-22(17-10-19(13-26-12-17)31-28(4)5)20-11-16(23(30)27(2)3)6-7-21(20)29(15)14-18(24)8-9-25/h6-8,10-13H,9,14,25H2,1-5H3/b18-8-. The first-order valence-electron chi connectivity index (χ1n) is 9.92. The lowest BCUT2D eigenvalue weighted by Gasteiger charge is -2.11. The fourth-order valence-corrected chi connectivity index (χ4v) is 4.31. The molecule has 0 saturated heterocycles. The summed E-state index contributed by atoms with van der Waals surface area (Å²) in [5, 5.41) is 0.888. The van der Waals surface area contributed by atoms with Gasteiger partial charge in [0.2, 0.25) is 0 Å². The van der Waals surface area contributed by atoms with Crippen LogP contribution in [-0.2, 0) is 6.54 Å². The van der Waals surface area contributed by atoms with Crippen LogP contribution in [0.3, 0.4) is 0 Å². The van der Waals surface area contributed by atoms with Gasteiger partial charge in [0.1, 0.15) is 5.83 Å². The van der Waals surface area contributed by atoms with Gasteiger partial charge in [-0.3, -0.25) is 14.1 Å². The summed E-state index contributed by atoms with van der Waals surface area (Å²) in [6, 6.07) is 7.61. The van der Waals surface area contributed by atoms with Crippen molar-refractivity contribution in [3.05, 3.63) is 59.8 Å². The minimum Gasteiger partial charge on any atom is -0.345 e. The molecule has 0 aliphatic heterocycles. The van der Waals surface area contributed by atoms with E-state index in [0.717, 1.165) is 32.6 Å². The summed E-state index contributed by atoms with van der Waals surface area (Å²) < 4.78 is 18.3. The highest BCUT2D eigenvalue weighted by molar-refractivity contribution is 7.97. The Kier molecular flexibility index (Phi) is 7.15. The lowest BCUT2D eigenvalue weighted by molar-refractivity contribution is 0.0828. The van der Waals surface area contributed by atoms with Crippen molar-refractivity contribution in [1.29, 1.82) is 0 Å². The molecular weight excluding hydrogens is 413 g/mol. The second-order valence-corrected chi connectivity index (χ2v) is 9.06. The Labute approximate surface area is 186 Å². The predicted octanol–water partition coefficient (Wildman–Crippen LogP) is 4.09. The van der Waals surface area contributed by atoms with Gasteiger partial charge >= 0.3 is 0 Å². The SMILES string of the molecule is Cc1c(-c2cncc(SN(C)C)c2)c2cc(C(=O)N(C)C)ccc2n1C/C(F)=C/CN. The highest BCUT2D eigenvalue weighted by atomic mass is 32.2. The first-order chi connectivity index (χ1) is 14.7. The van der Waals surface area contributed by atoms with Crippen molar-refractivity contribution in [2.24, 2.45) is 5.73 Å². The molecule has 0 fully saturated rings. The van der Waals surface area contributed by atoms with Gasteiger partial charge in [0.05, 0.1) is 6.54 Å². The van der Waals surface area contributed by atoms with Crippen LogP contribution in [0, 0.1) is 6.92 Å². The number of carbonyl (C=O) groups is 1. The van der Waals surface area contributed by atoms with E-state index < -0.39 is 0 Å². The summed E-state index contributed by atoms with van der Waals surface area (Å²) in [5.41, 5.74) is 9.69. The molecule has 0 unspecified atom stereocenters. The fourth-order valence-electron chi connectivity index (χ4n) is 3.60. The van der Waals surface area contributed by atoms with E-state index >= 15 is 0 Å².